The first-order valence-corrected chi connectivity index (χ1v) is 10.2. The molecule has 2 unspecified atom stereocenters. The summed E-state index contributed by atoms with van der Waals surface area (Å²) in [5, 5.41) is 3.23. The SMILES string of the molecule is CCCCCC(C)C(=O)OC1NCC12CN(C(=O)c1cccc(C)c1C)C2. The Morgan fingerprint density at radius 3 is 2.67 bits per heavy atom. The predicted molar refractivity (Wildman–Crippen MR) is 105 cm³/mol. The number of benzene rings is 1. The molecule has 0 radical (unpaired) electrons. The average Bonchev–Trinajstić information content (AvgIpc) is 2.59. The number of rotatable bonds is 7. The normalized spacial score (nSPS) is 21.3. The van der Waals surface area contributed by atoms with Crippen LogP contribution in [0.1, 0.15) is 61.0 Å². The van der Waals surface area contributed by atoms with Gasteiger partial charge in [-0.25, -0.2) is 0 Å². The van der Waals surface area contributed by atoms with E-state index < -0.39 is 0 Å². The molecule has 1 N–H and O–H groups in total. The van der Waals surface area contributed by atoms with Gasteiger partial charge in [-0.3, -0.25) is 14.9 Å². The van der Waals surface area contributed by atoms with Crippen LogP contribution in [-0.4, -0.2) is 42.6 Å². The highest BCUT2D eigenvalue weighted by Gasteiger charge is 2.58. The molecule has 5 heteroatoms. The Morgan fingerprint density at radius 2 is 2.04 bits per heavy atom. The highest BCUT2D eigenvalue weighted by molar-refractivity contribution is 5.96. The van der Waals surface area contributed by atoms with Gasteiger partial charge in [0.05, 0.1) is 11.3 Å². The van der Waals surface area contributed by atoms with Crippen molar-refractivity contribution in [2.24, 2.45) is 11.3 Å². The number of likely N-dealkylation sites (tertiary alicyclic amines) is 1. The smallest absolute Gasteiger partial charge is 0.310 e. The highest BCUT2D eigenvalue weighted by Crippen LogP contribution is 2.41. The molecule has 3 rings (SSSR count). The summed E-state index contributed by atoms with van der Waals surface area (Å²) in [6, 6.07) is 5.85. The van der Waals surface area contributed by atoms with Crippen LogP contribution in [0.5, 0.6) is 0 Å². The molecule has 5 nitrogen and oxygen atoms in total. The minimum atomic E-state index is -0.263. The Hall–Kier alpha value is -1.88. The summed E-state index contributed by atoms with van der Waals surface area (Å²) >= 11 is 0. The summed E-state index contributed by atoms with van der Waals surface area (Å²) in [5.41, 5.74) is 2.84. The van der Waals surface area contributed by atoms with E-state index in [1.54, 1.807) is 0 Å². The third-order valence-corrected chi connectivity index (χ3v) is 6.21. The Kier molecular flexibility index (Phi) is 5.89. The van der Waals surface area contributed by atoms with Crippen LogP contribution in [0.15, 0.2) is 18.2 Å². The van der Waals surface area contributed by atoms with Crippen LogP contribution in [0.25, 0.3) is 0 Å². The highest BCUT2D eigenvalue weighted by atomic mass is 16.6. The summed E-state index contributed by atoms with van der Waals surface area (Å²) in [5.74, 6) is -0.113. The first kappa shape index (κ1) is 19.9. The molecule has 1 amide bonds. The zero-order valence-electron chi connectivity index (χ0n) is 17.0. The molecular formula is C22H32N2O3. The summed E-state index contributed by atoms with van der Waals surface area (Å²) in [7, 11) is 0. The number of hydrogen-bond acceptors (Lipinski definition) is 4. The Bertz CT molecular complexity index is 710. The van der Waals surface area contributed by atoms with E-state index in [2.05, 4.69) is 12.2 Å². The molecule has 2 aliphatic rings. The summed E-state index contributed by atoms with van der Waals surface area (Å²) in [6.07, 6.45) is 3.98. The lowest BCUT2D eigenvalue weighted by Gasteiger charge is -2.59. The van der Waals surface area contributed by atoms with Gasteiger partial charge in [0.1, 0.15) is 0 Å². The summed E-state index contributed by atoms with van der Waals surface area (Å²) in [6.45, 7) is 10.2. The van der Waals surface area contributed by atoms with Gasteiger partial charge >= 0.3 is 5.97 Å². The zero-order chi connectivity index (χ0) is 19.6. The third kappa shape index (κ3) is 3.88. The number of nitrogens with zero attached hydrogens (tertiary/aromatic N) is 1. The van der Waals surface area contributed by atoms with E-state index in [1.165, 1.54) is 0 Å². The molecular weight excluding hydrogens is 340 g/mol. The molecule has 0 aliphatic carbocycles. The fourth-order valence-electron chi connectivity index (χ4n) is 3.98. The van der Waals surface area contributed by atoms with Crippen LogP contribution in [0.4, 0.5) is 0 Å². The maximum Gasteiger partial charge on any atom is 0.310 e. The number of amides is 1. The monoisotopic (exact) mass is 372 g/mol. The van der Waals surface area contributed by atoms with Crippen molar-refractivity contribution < 1.29 is 14.3 Å². The van der Waals surface area contributed by atoms with E-state index in [9.17, 15) is 9.59 Å². The molecule has 2 aliphatic heterocycles. The number of ether oxygens (including phenoxy) is 1. The Balaban J connectivity index is 1.52. The molecule has 2 heterocycles. The maximum absolute atomic E-state index is 12.8. The molecule has 0 saturated carbocycles. The van der Waals surface area contributed by atoms with Crippen molar-refractivity contribution in [3.8, 4) is 0 Å². The van der Waals surface area contributed by atoms with Gasteiger partial charge in [0.25, 0.3) is 5.91 Å². The van der Waals surface area contributed by atoms with Gasteiger partial charge in [-0.2, -0.15) is 0 Å². The van der Waals surface area contributed by atoms with E-state index in [0.717, 1.165) is 48.9 Å². The van der Waals surface area contributed by atoms with Crippen LogP contribution in [-0.2, 0) is 9.53 Å². The van der Waals surface area contributed by atoms with Crippen LogP contribution in [0.2, 0.25) is 0 Å². The van der Waals surface area contributed by atoms with Crippen molar-refractivity contribution in [1.82, 2.24) is 10.2 Å². The van der Waals surface area contributed by atoms with Crippen LogP contribution in [0, 0.1) is 25.2 Å². The number of nitrogens with one attached hydrogen (secondary N) is 1. The van der Waals surface area contributed by atoms with Gasteiger partial charge in [-0.1, -0.05) is 45.2 Å². The quantitative estimate of drug-likeness (QED) is 0.588. The van der Waals surface area contributed by atoms with Gasteiger partial charge in [-0.15, -0.1) is 0 Å². The standard InChI is InChI=1S/C22H32N2O3/c1-5-6-7-9-16(3)20(26)27-21-22(12-23-21)13-24(14-22)19(25)18-11-8-10-15(2)17(18)4/h8,10-11,16,21,23H,5-7,9,12-14H2,1-4H3. The van der Waals surface area contributed by atoms with E-state index in [4.69, 9.17) is 4.74 Å². The second-order valence-corrected chi connectivity index (χ2v) is 8.37. The van der Waals surface area contributed by atoms with Crippen molar-refractivity contribution >= 4 is 11.9 Å². The molecule has 2 fully saturated rings. The molecule has 0 bridgehead atoms. The van der Waals surface area contributed by atoms with Crippen molar-refractivity contribution in [3.05, 3.63) is 34.9 Å². The number of aryl methyl sites for hydroxylation is 1. The second-order valence-electron chi connectivity index (χ2n) is 8.37. The summed E-state index contributed by atoms with van der Waals surface area (Å²) < 4.78 is 5.73. The van der Waals surface area contributed by atoms with E-state index >= 15 is 0 Å². The Labute approximate surface area is 162 Å². The van der Waals surface area contributed by atoms with E-state index in [0.29, 0.717) is 13.1 Å². The van der Waals surface area contributed by atoms with Crippen molar-refractivity contribution in [2.75, 3.05) is 19.6 Å². The molecule has 27 heavy (non-hydrogen) atoms. The summed E-state index contributed by atoms with van der Waals surface area (Å²) in [4.78, 5) is 27.0. The topological polar surface area (TPSA) is 58.6 Å². The van der Waals surface area contributed by atoms with Crippen molar-refractivity contribution in [1.29, 1.82) is 0 Å². The molecule has 1 aromatic rings. The van der Waals surface area contributed by atoms with E-state index in [-0.39, 0.29) is 29.4 Å². The first-order chi connectivity index (χ1) is 12.9. The van der Waals surface area contributed by atoms with Crippen molar-refractivity contribution in [3.63, 3.8) is 0 Å². The lowest BCUT2D eigenvalue weighted by atomic mass is 9.72. The number of carbonyl (C=O) groups excluding carboxylic acids is 2. The minimum absolute atomic E-state index is 0.0660. The lowest BCUT2D eigenvalue weighted by molar-refractivity contribution is -0.196. The second kappa shape index (κ2) is 8.01. The largest absolute Gasteiger partial charge is 0.446 e. The average molecular weight is 373 g/mol. The van der Waals surface area contributed by atoms with Crippen LogP contribution in [0.3, 0.4) is 0 Å². The molecule has 2 saturated heterocycles. The Morgan fingerprint density at radius 1 is 1.30 bits per heavy atom. The number of esters is 1. The van der Waals surface area contributed by atoms with Gasteiger partial charge in [-0.05, 0) is 37.5 Å². The zero-order valence-corrected chi connectivity index (χ0v) is 17.0. The van der Waals surface area contributed by atoms with Gasteiger partial charge < -0.3 is 9.64 Å². The molecule has 1 spiro atoms. The molecule has 0 aromatic heterocycles. The molecule has 1 aromatic carbocycles. The van der Waals surface area contributed by atoms with E-state index in [1.807, 2.05) is 43.9 Å². The fraction of sp³-hybridized carbons (Fsp3) is 0.636. The number of carbonyl (C=O) groups is 2. The molecule has 148 valence electrons. The van der Waals surface area contributed by atoms with Crippen LogP contribution < -0.4 is 5.32 Å². The number of hydrogen-bond donors (Lipinski definition) is 1. The van der Waals surface area contributed by atoms with Gasteiger partial charge in [0.15, 0.2) is 6.23 Å². The maximum atomic E-state index is 12.8. The number of unbranched alkanes of at least 4 members (excludes halogenated alkanes) is 2. The van der Waals surface area contributed by atoms with Crippen LogP contribution >= 0.6 is 0 Å². The first-order valence-electron chi connectivity index (χ1n) is 10.2. The van der Waals surface area contributed by atoms with Gasteiger partial charge in [0, 0.05) is 25.2 Å². The minimum Gasteiger partial charge on any atom is -0.446 e. The fourth-order valence-corrected chi connectivity index (χ4v) is 3.98. The van der Waals surface area contributed by atoms with Crippen molar-refractivity contribution in [2.45, 2.75) is 59.6 Å². The third-order valence-electron chi connectivity index (χ3n) is 6.21. The molecule has 2 atom stereocenters. The van der Waals surface area contributed by atoms with Gasteiger partial charge in [0.2, 0.25) is 0 Å². The lowest BCUT2D eigenvalue weighted by Crippen LogP contribution is -2.78. The predicted octanol–water partition coefficient (Wildman–Crippen LogP) is 3.43.